The first kappa shape index (κ1) is 22.8. The van der Waals surface area contributed by atoms with Crippen molar-refractivity contribution in [3.05, 3.63) is 95.1 Å². The van der Waals surface area contributed by atoms with E-state index in [9.17, 15) is 14.7 Å². The highest BCUT2D eigenvalue weighted by atomic mass is 32.1. The van der Waals surface area contributed by atoms with Gasteiger partial charge in [-0.3, -0.25) is 14.5 Å². The topological polar surface area (TPSA) is 79.7 Å². The molecule has 0 saturated carbocycles. The fourth-order valence-electron chi connectivity index (χ4n) is 4.29. The number of aliphatic hydroxyl groups is 1. The van der Waals surface area contributed by atoms with Crippen LogP contribution in [0.15, 0.2) is 78.4 Å². The first-order valence-electron chi connectivity index (χ1n) is 11.5. The molecular formula is C28H24N2O4S. The van der Waals surface area contributed by atoms with Gasteiger partial charge in [0.2, 0.25) is 0 Å². The Morgan fingerprint density at radius 2 is 1.77 bits per heavy atom. The number of rotatable bonds is 6. The molecule has 1 saturated heterocycles. The zero-order valence-electron chi connectivity index (χ0n) is 19.4. The summed E-state index contributed by atoms with van der Waals surface area (Å²) in [5.41, 5.74) is 3.12. The van der Waals surface area contributed by atoms with Crippen LogP contribution < -0.4 is 9.64 Å². The number of Topliss-reactive ketones (excluding diaryl/α,β-unsaturated/α-hetero) is 1. The van der Waals surface area contributed by atoms with E-state index in [4.69, 9.17) is 4.74 Å². The number of anilines is 1. The minimum Gasteiger partial charge on any atom is -0.507 e. The molecule has 0 radical (unpaired) electrons. The van der Waals surface area contributed by atoms with Crippen LogP contribution >= 0.6 is 11.3 Å². The highest BCUT2D eigenvalue weighted by Gasteiger charge is 2.48. The van der Waals surface area contributed by atoms with Crippen LogP contribution in [0.25, 0.3) is 16.0 Å². The molecule has 2 heterocycles. The molecule has 0 spiro atoms. The first-order valence-corrected chi connectivity index (χ1v) is 12.3. The van der Waals surface area contributed by atoms with Gasteiger partial charge in [0.1, 0.15) is 11.5 Å². The van der Waals surface area contributed by atoms with E-state index < -0.39 is 17.7 Å². The highest BCUT2D eigenvalue weighted by Crippen LogP contribution is 2.44. The van der Waals surface area contributed by atoms with Crippen molar-refractivity contribution in [2.24, 2.45) is 0 Å². The number of hydrogen-bond donors (Lipinski definition) is 1. The Morgan fingerprint density at radius 1 is 1.03 bits per heavy atom. The van der Waals surface area contributed by atoms with Crippen molar-refractivity contribution in [3.8, 4) is 5.75 Å². The van der Waals surface area contributed by atoms with Gasteiger partial charge < -0.3 is 9.84 Å². The molecule has 4 aromatic rings. The van der Waals surface area contributed by atoms with Crippen molar-refractivity contribution in [2.45, 2.75) is 26.3 Å². The van der Waals surface area contributed by atoms with E-state index in [1.807, 2.05) is 37.3 Å². The zero-order chi connectivity index (χ0) is 24.5. The Morgan fingerprint density at radius 3 is 2.46 bits per heavy atom. The van der Waals surface area contributed by atoms with Gasteiger partial charge in [0, 0.05) is 5.56 Å². The number of ether oxygens (including phenoxy) is 1. The van der Waals surface area contributed by atoms with Crippen LogP contribution in [0.1, 0.15) is 36.6 Å². The molecule has 0 unspecified atom stereocenters. The summed E-state index contributed by atoms with van der Waals surface area (Å²) in [5, 5.41) is 11.6. The summed E-state index contributed by atoms with van der Waals surface area (Å²) in [5.74, 6) is -0.974. The number of carbonyl (C=O) groups is 2. The molecule has 1 fully saturated rings. The Hall–Kier alpha value is -3.97. The number of aryl methyl sites for hydroxylation is 1. The molecule has 0 bridgehead atoms. The molecule has 5 rings (SSSR count). The van der Waals surface area contributed by atoms with E-state index >= 15 is 0 Å². The maximum absolute atomic E-state index is 13.4. The van der Waals surface area contributed by atoms with Crippen molar-refractivity contribution < 1.29 is 19.4 Å². The predicted octanol–water partition coefficient (Wildman–Crippen LogP) is 5.88. The number of nitrogens with zero attached hydrogens (tertiary/aromatic N) is 2. The summed E-state index contributed by atoms with van der Waals surface area (Å²) >= 11 is 1.36. The van der Waals surface area contributed by atoms with Gasteiger partial charge in [0.25, 0.3) is 5.78 Å². The fourth-order valence-corrected chi connectivity index (χ4v) is 5.35. The van der Waals surface area contributed by atoms with Gasteiger partial charge in [0.15, 0.2) is 5.13 Å². The van der Waals surface area contributed by atoms with Crippen LogP contribution in [0.5, 0.6) is 5.75 Å². The van der Waals surface area contributed by atoms with Gasteiger partial charge in [-0.1, -0.05) is 66.8 Å². The predicted molar refractivity (Wildman–Crippen MR) is 138 cm³/mol. The summed E-state index contributed by atoms with van der Waals surface area (Å²) in [6, 6.07) is 21.2. The average molecular weight is 485 g/mol. The first-order chi connectivity index (χ1) is 17.0. The van der Waals surface area contributed by atoms with Gasteiger partial charge in [0.05, 0.1) is 28.4 Å². The van der Waals surface area contributed by atoms with Crippen LogP contribution in [0.4, 0.5) is 5.13 Å². The Bertz CT molecular complexity index is 1440. The second-order valence-electron chi connectivity index (χ2n) is 8.19. The van der Waals surface area contributed by atoms with E-state index in [0.29, 0.717) is 28.6 Å². The van der Waals surface area contributed by atoms with Gasteiger partial charge in [-0.25, -0.2) is 4.98 Å². The third-order valence-electron chi connectivity index (χ3n) is 6.05. The van der Waals surface area contributed by atoms with E-state index in [0.717, 1.165) is 16.6 Å². The number of carbonyl (C=O) groups excluding carboxylic acids is 2. The number of amides is 1. The molecule has 6 nitrogen and oxygen atoms in total. The number of ketones is 1. The second-order valence-corrected chi connectivity index (χ2v) is 9.20. The smallest absolute Gasteiger partial charge is 0.301 e. The summed E-state index contributed by atoms with van der Waals surface area (Å²) in [6.45, 7) is 4.51. The molecule has 176 valence electrons. The second kappa shape index (κ2) is 9.35. The largest absolute Gasteiger partial charge is 0.507 e. The molecule has 1 atom stereocenters. The number of aliphatic hydroxyl groups excluding tert-OH is 1. The number of thiazole rings is 1. The lowest BCUT2D eigenvalue weighted by Crippen LogP contribution is -2.29. The lowest BCUT2D eigenvalue weighted by molar-refractivity contribution is -0.132. The molecule has 1 aliphatic heterocycles. The Balaban J connectivity index is 1.69. The van der Waals surface area contributed by atoms with Gasteiger partial charge in [-0.15, -0.1) is 0 Å². The minimum absolute atomic E-state index is 0.0406. The van der Waals surface area contributed by atoms with Crippen LogP contribution in [-0.2, 0) is 16.0 Å². The molecule has 1 aromatic heterocycles. The van der Waals surface area contributed by atoms with Gasteiger partial charge >= 0.3 is 5.91 Å². The number of hydrogen-bond acceptors (Lipinski definition) is 6. The van der Waals surface area contributed by atoms with E-state index in [-0.39, 0.29) is 11.3 Å². The lowest BCUT2D eigenvalue weighted by atomic mass is 9.95. The average Bonchev–Trinajstić information content (AvgIpc) is 3.42. The van der Waals surface area contributed by atoms with Crippen molar-refractivity contribution in [3.63, 3.8) is 0 Å². The summed E-state index contributed by atoms with van der Waals surface area (Å²) in [6.07, 6.45) is 0.886. The summed E-state index contributed by atoms with van der Waals surface area (Å²) in [7, 11) is 0. The molecule has 0 aliphatic carbocycles. The summed E-state index contributed by atoms with van der Waals surface area (Å²) in [4.78, 5) is 32.8. The molecule has 7 heteroatoms. The SMILES string of the molecule is CCOc1ccc([C@@H]2C(=C(O)c3ccccc3)C(=O)C(=O)N2c2nc3ccc(CC)cc3s2)cc1. The number of aromatic nitrogens is 1. The molecule has 1 aliphatic rings. The standard InChI is InChI=1S/C28H24N2O4S/c1-3-17-10-15-21-22(16-17)35-28(29-21)30-24(18-11-13-20(14-12-18)34-4-2)23(26(32)27(30)33)25(31)19-8-6-5-7-9-19/h5-16,24,31H,3-4H2,1-2H3/t24-/m1/s1. The number of fused-ring (bicyclic) bond motifs is 1. The Labute approximate surface area is 207 Å². The van der Waals surface area contributed by atoms with E-state index in [1.165, 1.54) is 21.8 Å². The van der Waals surface area contributed by atoms with Crippen molar-refractivity contribution in [1.29, 1.82) is 0 Å². The number of benzene rings is 3. The van der Waals surface area contributed by atoms with Crippen LogP contribution in [0.3, 0.4) is 0 Å². The van der Waals surface area contributed by atoms with Crippen molar-refractivity contribution >= 4 is 44.1 Å². The van der Waals surface area contributed by atoms with Gasteiger partial charge in [-0.2, -0.15) is 0 Å². The molecular weight excluding hydrogens is 460 g/mol. The molecule has 1 N–H and O–H groups in total. The maximum atomic E-state index is 13.4. The molecule has 35 heavy (non-hydrogen) atoms. The molecule has 3 aromatic carbocycles. The Kier molecular flexibility index (Phi) is 6.09. The fraction of sp³-hybridized carbons (Fsp3) is 0.179. The van der Waals surface area contributed by atoms with E-state index in [1.54, 1.807) is 36.4 Å². The third-order valence-corrected chi connectivity index (χ3v) is 7.07. The quantitative estimate of drug-likeness (QED) is 0.210. The zero-order valence-corrected chi connectivity index (χ0v) is 20.2. The molecule has 1 amide bonds. The monoisotopic (exact) mass is 484 g/mol. The van der Waals surface area contributed by atoms with Gasteiger partial charge in [-0.05, 0) is 48.7 Å². The minimum atomic E-state index is -0.822. The highest BCUT2D eigenvalue weighted by molar-refractivity contribution is 7.22. The van der Waals surface area contributed by atoms with Crippen molar-refractivity contribution in [1.82, 2.24) is 4.98 Å². The van der Waals surface area contributed by atoms with E-state index in [2.05, 4.69) is 18.0 Å². The lowest BCUT2D eigenvalue weighted by Gasteiger charge is -2.23. The maximum Gasteiger partial charge on any atom is 0.301 e. The van der Waals surface area contributed by atoms with Crippen LogP contribution in [0.2, 0.25) is 0 Å². The van der Waals surface area contributed by atoms with Crippen molar-refractivity contribution in [2.75, 3.05) is 11.5 Å². The summed E-state index contributed by atoms with van der Waals surface area (Å²) < 4.78 is 6.50. The third kappa shape index (κ3) is 4.08. The van der Waals surface area contributed by atoms with Crippen LogP contribution in [0, 0.1) is 0 Å². The van der Waals surface area contributed by atoms with Crippen LogP contribution in [-0.4, -0.2) is 28.4 Å². The normalized spacial score (nSPS) is 17.3.